The van der Waals surface area contributed by atoms with E-state index in [1.54, 1.807) is 0 Å². The lowest BCUT2D eigenvalue weighted by Crippen LogP contribution is -2.57. The van der Waals surface area contributed by atoms with Crippen LogP contribution in [0.2, 0.25) is 0 Å². The van der Waals surface area contributed by atoms with Crippen LogP contribution >= 0.6 is 0 Å². The van der Waals surface area contributed by atoms with Crippen LogP contribution in [0.4, 0.5) is 0 Å². The lowest BCUT2D eigenvalue weighted by molar-refractivity contribution is -0.143. The van der Waals surface area contributed by atoms with Crippen molar-refractivity contribution in [3.63, 3.8) is 0 Å². The van der Waals surface area contributed by atoms with Gasteiger partial charge in [0.25, 0.3) is 0 Å². The van der Waals surface area contributed by atoms with Crippen LogP contribution in [0.25, 0.3) is 0 Å². The van der Waals surface area contributed by atoms with Crippen LogP contribution in [0.15, 0.2) is 24.3 Å². The molecule has 142 valence electrons. The molecule has 26 heavy (non-hydrogen) atoms. The van der Waals surface area contributed by atoms with Gasteiger partial charge in [-0.1, -0.05) is 24.3 Å². The highest BCUT2D eigenvalue weighted by Crippen LogP contribution is 2.31. The summed E-state index contributed by atoms with van der Waals surface area (Å²) in [5, 5.41) is 12.2. The van der Waals surface area contributed by atoms with E-state index in [1.165, 1.54) is 0 Å². The first-order valence-electron chi connectivity index (χ1n) is 9.53. The average Bonchev–Trinajstić information content (AvgIpc) is 2.67. The number of carbonyl (C=O) groups is 2. The molecule has 0 spiro atoms. The van der Waals surface area contributed by atoms with Crippen molar-refractivity contribution >= 4 is 11.8 Å². The predicted molar refractivity (Wildman–Crippen MR) is 99.4 cm³/mol. The van der Waals surface area contributed by atoms with Crippen molar-refractivity contribution < 1.29 is 14.7 Å². The Morgan fingerprint density at radius 2 is 1.96 bits per heavy atom. The monoisotopic (exact) mass is 359 g/mol. The van der Waals surface area contributed by atoms with E-state index in [4.69, 9.17) is 5.11 Å². The maximum atomic E-state index is 12.7. The molecular weight excluding hydrogens is 330 g/mol. The van der Waals surface area contributed by atoms with E-state index in [0.29, 0.717) is 18.8 Å². The molecule has 2 amide bonds. The number of nitrogens with zero attached hydrogens (tertiary/aromatic N) is 2. The maximum Gasteiger partial charge on any atom is 0.227 e. The first-order valence-corrected chi connectivity index (χ1v) is 9.53. The second-order valence-electron chi connectivity index (χ2n) is 7.34. The van der Waals surface area contributed by atoms with Crippen molar-refractivity contribution in [2.45, 2.75) is 38.3 Å². The minimum absolute atomic E-state index is 0.0200. The molecular formula is C20H29N3O3. The summed E-state index contributed by atoms with van der Waals surface area (Å²) >= 11 is 0. The predicted octanol–water partition coefficient (Wildman–Crippen LogP) is 0.780. The molecule has 2 N–H and O–H groups in total. The summed E-state index contributed by atoms with van der Waals surface area (Å²) in [5.74, 6) is 0.795. The zero-order valence-electron chi connectivity index (χ0n) is 15.5. The van der Waals surface area contributed by atoms with Gasteiger partial charge >= 0.3 is 0 Å². The Kier molecular flexibility index (Phi) is 6.27. The topological polar surface area (TPSA) is 72.9 Å². The molecule has 0 unspecified atom stereocenters. The SMILES string of the molecule is CNCCN1C(=O)CC[C@H]2CN(C(=O)Cc3ccc(CO)cc3)CC[C@H]21. The van der Waals surface area contributed by atoms with Gasteiger partial charge < -0.3 is 20.2 Å². The Morgan fingerprint density at radius 1 is 1.23 bits per heavy atom. The second-order valence-corrected chi connectivity index (χ2v) is 7.34. The van der Waals surface area contributed by atoms with Crippen LogP contribution in [0.3, 0.4) is 0 Å². The molecule has 2 atom stereocenters. The van der Waals surface area contributed by atoms with Gasteiger partial charge in [0.15, 0.2) is 0 Å². The van der Waals surface area contributed by atoms with Crippen LogP contribution in [0, 0.1) is 5.92 Å². The van der Waals surface area contributed by atoms with E-state index in [-0.39, 0.29) is 24.5 Å². The number of likely N-dealkylation sites (N-methyl/N-ethyl adjacent to an activating group) is 1. The fourth-order valence-electron chi connectivity index (χ4n) is 4.15. The molecule has 0 radical (unpaired) electrons. The van der Waals surface area contributed by atoms with Crippen molar-refractivity contribution in [3.8, 4) is 0 Å². The Balaban J connectivity index is 1.58. The fraction of sp³-hybridized carbons (Fsp3) is 0.600. The van der Waals surface area contributed by atoms with E-state index >= 15 is 0 Å². The van der Waals surface area contributed by atoms with Crippen LogP contribution in [-0.2, 0) is 22.6 Å². The third kappa shape index (κ3) is 4.24. The largest absolute Gasteiger partial charge is 0.392 e. The first kappa shape index (κ1) is 18.9. The number of rotatable bonds is 6. The molecule has 2 saturated heterocycles. The Morgan fingerprint density at radius 3 is 2.65 bits per heavy atom. The Bertz CT molecular complexity index is 632. The zero-order chi connectivity index (χ0) is 18.5. The number of aliphatic hydroxyl groups excluding tert-OH is 1. The number of carbonyl (C=O) groups excluding carboxylic acids is 2. The quantitative estimate of drug-likeness (QED) is 0.787. The first-order chi connectivity index (χ1) is 12.6. The minimum atomic E-state index is 0.0200. The molecule has 6 heteroatoms. The van der Waals surface area contributed by atoms with Gasteiger partial charge in [0.2, 0.25) is 11.8 Å². The van der Waals surface area contributed by atoms with Gasteiger partial charge in [-0.05, 0) is 36.9 Å². The van der Waals surface area contributed by atoms with E-state index < -0.39 is 0 Å². The van der Waals surface area contributed by atoms with E-state index in [1.807, 2.05) is 41.1 Å². The van der Waals surface area contributed by atoms with Crippen LogP contribution in [0.5, 0.6) is 0 Å². The third-order valence-electron chi connectivity index (χ3n) is 5.66. The second kappa shape index (κ2) is 8.64. The van der Waals surface area contributed by atoms with Gasteiger partial charge in [0.1, 0.15) is 0 Å². The van der Waals surface area contributed by atoms with Gasteiger partial charge in [-0.2, -0.15) is 0 Å². The summed E-state index contributed by atoms with van der Waals surface area (Å²) in [7, 11) is 1.90. The lowest BCUT2D eigenvalue weighted by atomic mass is 9.83. The van der Waals surface area contributed by atoms with Gasteiger partial charge in [0.05, 0.1) is 13.0 Å². The molecule has 2 heterocycles. The lowest BCUT2D eigenvalue weighted by Gasteiger charge is -2.47. The number of nitrogens with one attached hydrogen (secondary N) is 1. The number of likely N-dealkylation sites (tertiary alicyclic amines) is 2. The van der Waals surface area contributed by atoms with Crippen molar-refractivity contribution in [3.05, 3.63) is 35.4 Å². The van der Waals surface area contributed by atoms with Gasteiger partial charge in [0, 0.05) is 38.6 Å². The highest BCUT2D eigenvalue weighted by molar-refractivity contribution is 5.80. The van der Waals surface area contributed by atoms with Gasteiger partial charge in [-0.25, -0.2) is 0 Å². The van der Waals surface area contributed by atoms with Crippen molar-refractivity contribution in [1.82, 2.24) is 15.1 Å². The number of fused-ring (bicyclic) bond motifs is 1. The van der Waals surface area contributed by atoms with Gasteiger partial charge in [-0.15, -0.1) is 0 Å². The number of hydrogen-bond donors (Lipinski definition) is 2. The summed E-state index contributed by atoms with van der Waals surface area (Å²) in [6.45, 7) is 3.05. The number of amides is 2. The van der Waals surface area contributed by atoms with E-state index in [2.05, 4.69) is 5.32 Å². The Labute approximate surface area is 155 Å². The van der Waals surface area contributed by atoms with E-state index in [0.717, 1.165) is 50.1 Å². The molecule has 1 aromatic rings. The molecule has 2 aliphatic heterocycles. The summed E-state index contributed by atoms with van der Waals surface area (Å²) in [6.07, 6.45) is 2.74. The summed E-state index contributed by atoms with van der Waals surface area (Å²) in [6, 6.07) is 7.82. The fourth-order valence-corrected chi connectivity index (χ4v) is 4.15. The zero-order valence-corrected chi connectivity index (χ0v) is 15.5. The average molecular weight is 359 g/mol. The standard InChI is InChI=1S/C20H29N3O3/c1-21-9-11-23-18-8-10-22(13-17(18)6-7-19(23)25)20(26)12-15-2-4-16(14-24)5-3-15/h2-5,17-18,21,24H,6-14H2,1H3/t17-,18+/m0/s1. The summed E-state index contributed by atoms with van der Waals surface area (Å²) in [4.78, 5) is 29.0. The van der Waals surface area contributed by atoms with Gasteiger partial charge in [-0.3, -0.25) is 9.59 Å². The maximum absolute atomic E-state index is 12.7. The molecule has 2 aliphatic rings. The molecule has 6 nitrogen and oxygen atoms in total. The number of aliphatic hydroxyl groups is 1. The molecule has 3 rings (SSSR count). The van der Waals surface area contributed by atoms with Crippen LogP contribution in [-0.4, -0.2) is 66.0 Å². The molecule has 0 bridgehead atoms. The molecule has 2 fully saturated rings. The molecule has 0 aromatic heterocycles. The molecule has 0 aliphatic carbocycles. The smallest absolute Gasteiger partial charge is 0.227 e. The highest BCUT2D eigenvalue weighted by atomic mass is 16.3. The van der Waals surface area contributed by atoms with Crippen LogP contribution in [0.1, 0.15) is 30.4 Å². The normalized spacial score (nSPS) is 23.1. The minimum Gasteiger partial charge on any atom is -0.392 e. The highest BCUT2D eigenvalue weighted by Gasteiger charge is 2.39. The molecule has 0 saturated carbocycles. The summed E-state index contributed by atoms with van der Waals surface area (Å²) < 4.78 is 0. The number of benzene rings is 1. The third-order valence-corrected chi connectivity index (χ3v) is 5.66. The van der Waals surface area contributed by atoms with Crippen molar-refractivity contribution in [2.24, 2.45) is 5.92 Å². The number of hydrogen-bond acceptors (Lipinski definition) is 4. The van der Waals surface area contributed by atoms with E-state index in [9.17, 15) is 9.59 Å². The Hall–Kier alpha value is -1.92. The summed E-state index contributed by atoms with van der Waals surface area (Å²) in [5.41, 5.74) is 1.83. The van der Waals surface area contributed by atoms with Crippen molar-refractivity contribution in [2.75, 3.05) is 33.2 Å². The molecule has 1 aromatic carbocycles. The number of piperidine rings is 2. The van der Waals surface area contributed by atoms with Crippen molar-refractivity contribution in [1.29, 1.82) is 0 Å². The van der Waals surface area contributed by atoms with Crippen LogP contribution < -0.4 is 5.32 Å².